The molecule has 1 unspecified atom stereocenters. The molecule has 0 amide bonds. The van der Waals surface area contributed by atoms with Crippen molar-refractivity contribution in [2.45, 2.75) is 13.0 Å². The van der Waals surface area contributed by atoms with E-state index in [-0.39, 0.29) is 6.10 Å². The first-order valence-corrected chi connectivity index (χ1v) is 3.13. The quantitative estimate of drug-likeness (QED) is 0.343. The van der Waals surface area contributed by atoms with Gasteiger partial charge >= 0.3 is 5.97 Å². The van der Waals surface area contributed by atoms with E-state index < -0.39 is 5.97 Å². The van der Waals surface area contributed by atoms with E-state index in [1.807, 2.05) is 0 Å². The average molecular weight is 149 g/mol. The second-order valence-electron chi connectivity index (χ2n) is 1.61. The molecule has 0 N–H and O–H groups in total. The number of alkyl halides is 1. The van der Waals surface area contributed by atoms with Crippen LogP contribution in [-0.4, -0.2) is 18.0 Å². The summed E-state index contributed by atoms with van der Waals surface area (Å²) in [4.78, 5) is 10.4. The Hall–Kier alpha value is -0.500. The molecule has 0 bridgehead atoms. The third-order valence-electron chi connectivity index (χ3n) is 0.701. The van der Waals surface area contributed by atoms with Gasteiger partial charge in [0, 0.05) is 6.08 Å². The van der Waals surface area contributed by atoms with E-state index in [9.17, 15) is 4.79 Å². The highest BCUT2D eigenvalue weighted by atomic mass is 35.5. The predicted molar refractivity (Wildman–Crippen MR) is 36.5 cm³/mol. The topological polar surface area (TPSA) is 26.3 Å². The van der Waals surface area contributed by atoms with Crippen molar-refractivity contribution >= 4 is 17.6 Å². The van der Waals surface area contributed by atoms with Crippen molar-refractivity contribution in [1.82, 2.24) is 0 Å². The minimum atomic E-state index is -0.428. The Morgan fingerprint density at radius 2 is 2.56 bits per heavy atom. The second-order valence-corrected chi connectivity index (χ2v) is 1.91. The molecule has 0 fully saturated rings. The maximum atomic E-state index is 10.4. The maximum Gasteiger partial charge on any atom is 0.330 e. The normalized spacial score (nSPS) is 12.2. The summed E-state index contributed by atoms with van der Waals surface area (Å²) in [5, 5.41) is 0. The minimum Gasteiger partial charge on any atom is -0.458 e. The molecule has 0 rings (SSSR count). The van der Waals surface area contributed by atoms with Crippen LogP contribution in [0, 0.1) is 0 Å². The lowest BCUT2D eigenvalue weighted by Crippen LogP contribution is -2.13. The largest absolute Gasteiger partial charge is 0.458 e. The third-order valence-corrected chi connectivity index (χ3v) is 1.14. The van der Waals surface area contributed by atoms with E-state index in [1.54, 1.807) is 6.92 Å². The highest BCUT2D eigenvalue weighted by Crippen LogP contribution is 1.93. The van der Waals surface area contributed by atoms with Gasteiger partial charge in [0.1, 0.15) is 6.10 Å². The maximum absolute atomic E-state index is 10.4. The second kappa shape index (κ2) is 4.39. The van der Waals surface area contributed by atoms with Gasteiger partial charge in [0.2, 0.25) is 0 Å². The van der Waals surface area contributed by atoms with E-state index in [2.05, 4.69) is 11.3 Å². The van der Waals surface area contributed by atoms with Gasteiger partial charge in [0.25, 0.3) is 0 Å². The lowest BCUT2D eigenvalue weighted by Gasteiger charge is -2.05. The first-order chi connectivity index (χ1) is 4.20. The fourth-order valence-corrected chi connectivity index (χ4v) is 0.341. The smallest absolute Gasteiger partial charge is 0.330 e. The van der Waals surface area contributed by atoms with E-state index >= 15 is 0 Å². The van der Waals surface area contributed by atoms with Crippen LogP contribution < -0.4 is 0 Å². The summed E-state index contributed by atoms with van der Waals surface area (Å²) in [6.45, 7) is 4.95. The zero-order chi connectivity index (χ0) is 7.28. The van der Waals surface area contributed by atoms with E-state index in [0.717, 1.165) is 6.08 Å². The molecule has 0 aliphatic carbocycles. The highest BCUT2D eigenvalue weighted by Gasteiger charge is 2.02. The lowest BCUT2D eigenvalue weighted by molar-refractivity contribution is -0.141. The standard InChI is InChI=1S/C6H9ClO2/c1-3-6(8)9-5(2)4-7/h3,5H,1,4H2,2H3. The number of ether oxygens (including phenoxy) is 1. The molecule has 0 saturated carbocycles. The first-order valence-electron chi connectivity index (χ1n) is 2.59. The van der Waals surface area contributed by atoms with Crippen LogP contribution in [0.1, 0.15) is 6.92 Å². The monoisotopic (exact) mass is 148 g/mol. The zero-order valence-electron chi connectivity index (χ0n) is 5.26. The van der Waals surface area contributed by atoms with E-state index in [4.69, 9.17) is 11.6 Å². The molecular weight excluding hydrogens is 140 g/mol. The van der Waals surface area contributed by atoms with Gasteiger partial charge in [0.05, 0.1) is 5.88 Å². The van der Waals surface area contributed by atoms with Crippen molar-refractivity contribution in [3.63, 3.8) is 0 Å². The summed E-state index contributed by atoms with van der Waals surface area (Å²) in [6, 6.07) is 0. The fraction of sp³-hybridized carbons (Fsp3) is 0.500. The summed E-state index contributed by atoms with van der Waals surface area (Å²) >= 11 is 5.34. The molecule has 0 radical (unpaired) electrons. The van der Waals surface area contributed by atoms with Gasteiger partial charge in [-0.2, -0.15) is 0 Å². The zero-order valence-corrected chi connectivity index (χ0v) is 6.02. The lowest BCUT2D eigenvalue weighted by atomic mass is 10.5. The Balaban J connectivity index is 3.46. The summed E-state index contributed by atoms with van der Waals surface area (Å²) < 4.78 is 4.66. The molecule has 0 saturated heterocycles. The molecule has 0 spiro atoms. The minimum absolute atomic E-state index is 0.225. The van der Waals surface area contributed by atoms with Crippen molar-refractivity contribution in [3.8, 4) is 0 Å². The van der Waals surface area contributed by atoms with Gasteiger partial charge in [-0.25, -0.2) is 4.79 Å². The molecule has 2 nitrogen and oxygen atoms in total. The van der Waals surface area contributed by atoms with Gasteiger partial charge in [-0.1, -0.05) is 6.58 Å². The van der Waals surface area contributed by atoms with Crippen LogP contribution in [0.5, 0.6) is 0 Å². The Bertz CT molecular complexity index is 112. The van der Waals surface area contributed by atoms with Crippen molar-refractivity contribution in [1.29, 1.82) is 0 Å². The molecule has 0 aliphatic heterocycles. The predicted octanol–water partition coefficient (Wildman–Crippen LogP) is 1.34. The van der Waals surface area contributed by atoms with Gasteiger partial charge < -0.3 is 4.74 Å². The average Bonchev–Trinajstić information content (AvgIpc) is 1.87. The molecule has 0 aromatic carbocycles. The van der Waals surface area contributed by atoms with Crippen molar-refractivity contribution in [3.05, 3.63) is 12.7 Å². The van der Waals surface area contributed by atoms with Crippen LogP contribution in [0.15, 0.2) is 12.7 Å². The Morgan fingerprint density at radius 1 is 2.00 bits per heavy atom. The third kappa shape index (κ3) is 4.03. The number of esters is 1. The molecule has 0 aromatic heterocycles. The van der Waals surface area contributed by atoms with Crippen LogP contribution in [0.25, 0.3) is 0 Å². The molecule has 0 heterocycles. The van der Waals surface area contributed by atoms with Crippen LogP contribution in [0.4, 0.5) is 0 Å². The molecular formula is C6H9ClO2. The molecule has 1 atom stereocenters. The van der Waals surface area contributed by atoms with Gasteiger partial charge in [0.15, 0.2) is 0 Å². The number of hydrogen-bond donors (Lipinski definition) is 0. The summed E-state index contributed by atoms with van der Waals surface area (Å²) in [5.74, 6) is -0.109. The van der Waals surface area contributed by atoms with Gasteiger partial charge in [-0.3, -0.25) is 0 Å². The van der Waals surface area contributed by atoms with Crippen molar-refractivity contribution < 1.29 is 9.53 Å². The number of hydrogen-bond acceptors (Lipinski definition) is 2. The highest BCUT2D eigenvalue weighted by molar-refractivity contribution is 6.18. The Kier molecular flexibility index (Phi) is 4.14. The van der Waals surface area contributed by atoms with Crippen molar-refractivity contribution in [2.24, 2.45) is 0 Å². The number of carbonyl (C=O) groups excluding carboxylic acids is 1. The van der Waals surface area contributed by atoms with Crippen LogP contribution >= 0.6 is 11.6 Å². The van der Waals surface area contributed by atoms with Gasteiger partial charge in [-0.05, 0) is 6.92 Å². The summed E-state index contributed by atoms with van der Waals surface area (Å²) in [6.07, 6.45) is 0.889. The van der Waals surface area contributed by atoms with E-state index in [0.29, 0.717) is 5.88 Å². The summed E-state index contributed by atoms with van der Waals surface area (Å²) in [5.41, 5.74) is 0. The number of halogens is 1. The Morgan fingerprint density at radius 3 is 2.89 bits per heavy atom. The van der Waals surface area contributed by atoms with Gasteiger partial charge in [-0.15, -0.1) is 11.6 Å². The number of carbonyl (C=O) groups is 1. The van der Waals surface area contributed by atoms with E-state index in [1.165, 1.54) is 0 Å². The molecule has 52 valence electrons. The molecule has 9 heavy (non-hydrogen) atoms. The van der Waals surface area contributed by atoms with Crippen LogP contribution in [0.3, 0.4) is 0 Å². The first kappa shape index (κ1) is 8.50. The van der Waals surface area contributed by atoms with Crippen LogP contribution in [0.2, 0.25) is 0 Å². The molecule has 3 heteroatoms. The van der Waals surface area contributed by atoms with Crippen LogP contribution in [-0.2, 0) is 9.53 Å². The molecule has 0 aromatic rings. The SMILES string of the molecule is C=CC(=O)OC(C)CCl. The molecule has 0 aliphatic rings. The van der Waals surface area contributed by atoms with Crippen molar-refractivity contribution in [2.75, 3.05) is 5.88 Å². The number of rotatable bonds is 3. The fourth-order valence-electron chi connectivity index (χ4n) is 0.278. The summed E-state index contributed by atoms with van der Waals surface area (Å²) in [7, 11) is 0. The Labute approximate surface area is 59.5 Å².